The third-order valence-electron chi connectivity index (χ3n) is 4.06. The summed E-state index contributed by atoms with van der Waals surface area (Å²) in [4.78, 5) is 28.3. The highest BCUT2D eigenvalue weighted by atomic mass is 79.9. The Balaban J connectivity index is 2.14. The lowest BCUT2D eigenvalue weighted by Gasteiger charge is -2.12. The van der Waals surface area contributed by atoms with E-state index in [2.05, 4.69) is 20.9 Å². The minimum atomic E-state index is -0.358. The van der Waals surface area contributed by atoms with E-state index in [-0.39, 0.29) is 16.8 Å². The molecule has 26 heavy (non-hydrogen) atoms. The Bertz CT molecular complexity index is 1100. The Hall–Kier alpha value is -1.27. The summed E-state index contributed by atoms with van der Waals surface area (Å²) in [7, 11) is 0. The first kappa shape index (κ1) is 19.5. The molecule has 0 saturated heterocycles. The minimum Gasteiger partial charge on any atom is -0.348 e. The molecule has 0 unspecified atom stereocenters. The normalized spacial score (nSPS) is 11.1. The number of Topliss-reactive ketones (excluding diaryl/α,β-unsaturated/α-hetero) is 1. The number of ketones is 1. The smallest absolute Gasteiger partial charge is 0.202 e. The molecular formula is C19H14BrCl2NO2S. The van der Waals surface area contributed by atoms with Crippen LogP contribution in [0.2, 0.25) is 10.0 Å². The predicted octanol–water partition coefficient (Wildman–Crippen LogP) is 6.40. The van der Waals surface area contributed by atoms with Gasteiger partial charge in [0.15, 0.2) is 5.78 Å². The second-order valence-electron chi connectivity index (χ2n) is 5.85. The summed E-state index contributed by atoms with van der Waals surface area (Å²) in [6, 6.07) is 9.08. The molecule has 0 radical (unpaired) electrons. The Morgan fingerprint density at radius 2 is 1.96 bits per heavy atom. The average Bonchev–Trinajstić information content (AvgIpc) is 2.58. The van der Waals surface area contributed by atoms with Crippen LogP contribution in [0.4, 0.5) is 0 Å². The summed E-state index contributed by atoms with van der Waals surface area (Å²) < 4.78 is 0.713. The van der Waals surface area contributed by atoms with Crippen LogP contribution in [-0.4, -0.2) is 10.8 Å². The number of thioether (sulfide) groups is 1. The van der Waals surface area contributed by atoms with Crippen molar-refractivity contribution in [2.75, 3.05) is 0 Å². The van der Waals surface area contributed by atoms with Crippen molar-refractivity contribution in [3.05, 3.63) is 71.8 Å². The Kier molecular flexibility index (Phi) is 5.82. The first-order chi connectivity index (χ1) is 12.3. The fraction of sp³-hybridized carbons (Fsp3) is 0.158. The summed E-state index contributed by atoms with van der Waals surface area (Å²) in [6.45, 7) is 3.38. The number of aromatic nitrogens is 1. The Morgan fingerprint density at radius 1 is 1.23 bits per heavy atom. The maximum absolute atomic E-state index is 12.9. The molecule has 2 aromatic carbocycles. The molecule has 0 amide bonds. The lowest BCUT2D eigenvalue weighted by atomic mass is 10.1. The molecule has 3 aromatic rings. The van der Waals surface area contributed by atoms with E-state index in [4.69, 9.17) is 23.2 Å². The second kappa shape index (κ2) is 7.77. The number of halogens is 3. The van der Waals surface area contributed by atoms with Crippen molar-refractivity contribution in [3.8, 4) is 0 Å². The largest absolute Gasteiger partial charge is 0.348 e. The quantitative estimate of drug-likeness (QED) is 0.354. The van der Waals surface area contributed by atoms with Gasteiger partial charge in [-0.3, -0.25) is 9.59 Å². The van der Waals surface area contributed by atoms with Gasteiger partial charge in [-0.25, -0.2) is 0 Å². The summed E-state index contributed by atoms with van der Waals surface area (Å²) in [5.41, 5.74) is 2.49. The number of aryl methyl sites for hydroxylation is 1. The summed E-state index contributed by atoms with van der Waals surface area (Å²) in [5, 5.41) is 1.81. The first-order valence-electron chi connectivity index (χ1n) is 7.72. The van der Waals surface area contributed by atoms with Gasteiger partial charge in [0.2, 0.25) is 5.43 Å². The van der Waals surface area contributed by atoms with Crippen LogP contribution >= 0.6 is 50.9 Å². The van der Waals surface area contributed by atoms with E-state index in [0.717, 1.165) is 11.1 Å². The zero-order chi connectivity index (χ0) is 19.0. The van der Waals surface area contributed by atoms with Crippen LogP contribution in [0.3, 0.4) is 0 Å². The van der Waals surface area contributed by atoms with Gasteiger partial charge >= 0.3 is 0 Å². The zero-order valence-electron chi connectivity index (χ0n) is 14.0. The van der Waals surface area contributed by atoms with E-state index in [1.54, 1.807) is 12.1 Å². The first-order valence-corrected chi connectivity index (χ1v) is 10.3. The lowest BCUT2D eigenvalue weighted by molar-refractivity contribution is 0.101. The highest BCUT2D eigenvalue weighted by molar-refractivity contribution is 9.10. The highest BCUT2D eigenvalue weighted by Crippen LogP contribution is 2.32. The molecule has 3 nitrogen and oxygen atoms in total. The molecule has 1 N–H and O–H groups in total. The summed E-state index contributed by atoms with van der Waals surface area (Å²) in [5.74, 6) is 0.279. The number of hydrogen-bond donors (Lipinski definition) is 1. The molecule has 0 aliphatic heterocycles. The molecule has 0 aliphatic rings. The van der Waals surface area contributed by atoms with Crippen LogP contribution in [0.15, 0.2) is 44.6 Å². The van der Waals surface area contributed by atoms with Gasteiger partial charge in [-0.1, -0.05) is 29.3 Å². The van der Waals surface area contributed by atoms with Crippen LogP contribution in [0.5, 0.6) is 0 Å². The van der Waals surface area contributed by atoms with E-state index < -0.39 is 0 Å². The van der Waals surface area contributed by atoms with Gasteiger partial charge in [0.05, 0.1) is 26.5 Å². The molecule has 0 aliphatic carbocycles. The van der Waals surface area contributed by atoms with Gasteiger partial charge in [-0.15, -0.1) is 11.8 Å². The summed E-state index contributed by atoms with van der Waals surface area (Å²) >= 11 is 17.1. The molecule has 1 aromatic heterocycles. The minimum absolute atomic E-state index is 0.127. The van der Waals surface area contributed by atoms with Gasteiger partial charge in [-0.05, 0) is 65.2 Å². The van der Waals surface area contributed by atoms with Crippen molar-refractivity contribution < 1.29 is 4.79 Å². The lowest BCUT2D eigenvalue weighted by Crippen LogP contribution is -2.17. The summed E-state index contributed by atoms with van der Waals surface area (Å²) in [6.07, 6.45) is 0. The third kappa shape index (κ3) is 3.72. The van der Waals surface area contributed by atoms with E-state index in [0.29, 0.717) is 36.2 Å². The van der Waals surface area contributed by atoms with Crippen LogP contribution in [-0.2, 0) is 5.75 Å². The number of nitrogens with one attached hydrogen (secondary N) is 1. The highest BCUT2D eigenvalue weighted by Gasteiger charge is 2.19. The van der Waals surface area contributed by atoms with Crippen molar-refractivity contribution in [2.45, 2.75) is 24.6 Å². The number of fused-ring (bicyclic) bond motifs is 1. The fourth-order valence-corrected chi connectivity index (χ4v) is 4.71. The van der Waals surface area contributed by atoms with Crippen molar-refractivity contribution >= 4 is 67.6 Å². The van der Waals surface area contributed by atoms with Crippen LogP contribution in [0.25, 0.3) is 10.9 Å². The van der Waals surface area contributed by atoms with E-state index in [9.17, 15) is 9.59 Å². The third-order valence-corrected chi connectivity index (χ3v) is 6.32. The molecule has 0 atom stereocenters. The van der Waals surface area contributed by atoms with Gasteiger partial charge in [-0.2, -0.15) is 0 Å². The second-order valence-corrected chi connectivity index (χ2v) is 8.54. The number of H-pyrrole nitrogens is 1. The molecule has 7 heteroatoms. The molecule has 3 rings (SSSR count). The fourth-order valence-electron chi connectivity index (χ4n) is 2.67. The predicted molar refractivity (Wildman–Crippen MR) is 113 cm³/mol. The topological polar surface area (TPSA) is 49.9 Å². The van der Waals surface area contributed by atoms with Crippen LogP contribution in [0.1, 0.15) is 28.4 Å². The van der Waals surface area contributed by atoms with Crippen LogP contribution < -0.4 is 5.43 Å². The number of carbonyl (C=O) groups excluding carboxylic acids is 1. The standard InChI is InChI=1S/C19H14BrCl2NO2S/c1-9-3-4-12(21)7-11(9)8-26-19-15(10(2)24)18(25)16-14(22)6-5-13(20)17(16)23-19/h3-7H,8H2,1-2H3,(H,23,25). The number of carbonyl (C=O) groups is 1. The van der Waals surface area contributed by atoms with Gasteiger partial charge in [0.1, 0.15) is 0 Å². The van der Waals surface area contributed by atoms with Crippen LogP contribution in [0, 0.1) is 6.92 Å². The number of pyridine rings is 1. The molecular weight excluding hydrogens is 457 g/mol. The monoisotopic (exact) mass is 469 g/mol. The van der Waals surface area contributed by atoms with Gasteiger partial charge in [0.25, 0.3) is 0 Å². The molecule has 0 saturated carbocycles. The molecule has 0 bridgehead atoms. The molecule has 0 spiro atoms. The van der Waals surface area contributed by atoms with Crippen molar-refractivity contribution in [1.29, 1.82) is 0 Å². The Morgan fingerprint density at radius 3 is 2.65 bits per heavy atom. The van der Waals surface area contributed by atoms with Gasteiger partial charge < -0.3 is 4.98 Å². The van der Waals surface area contributed by atoms with Crippen molar-refractivity contribution in [3.63, 3.8) is 0 Å². The molecule has 1 heterocycles. The number of rotatable bonds is 4. The average molecular weight is 471 g/mol. The number of benzene rings is 2. The molecule has 134 valence electrons. The maximum Gasteiger partial charge on any atom is 0.202 e. The SMILES string of the molecule is CC(=O)c1c(SCc2cc(Cl)ccc2C)[nH]c2c(Br)ccc(Cl)c2c1=O. The van der Waals surface area contributed by atoms with E-state index >= 15 is 0 Å². The van der Waals surface area contributed by atoms with E-state index in [1.165, 1.54) is 18.7 Å². The van der Waals surface area contributed by atoms with E-state index in [1.807, 2.05) is 25.1 Å². The number of aromatic amines is 1. The van der Waals surface area contributed by atoms with Gasteiger partial charge in [0, 0.05) is 15.2 Å². The molecule has 0 fully saturated rings. The zero-order valence-corrected chi connectivity index (χ0v) is 17.9. The maximum atomic E-state index is 12.9. The Labute approximate surface area is 173 Å². The van der Waals surface area contributed by atoms with Crippen molar-refractivity contribution in [2.24, 2.45) is 0 Å². The van der Waals surface area contributed by atoms with Crippen molar-refractivity contribution in [1.82, 2.24) is 4.98 Å². The number of hydrogen-bond acceptors (Lipinski definition) is 3.